The largest absolute Gasteiger partial charge is 0.456 e. The first-order chi connectivity index (χ1) is 17.3. The highest BCUT2D eigenvalue weighted by molar-refractivity contribution is 6.33. The number of aliphatic hydroxyl groups is 2. The summed E-state index contributed by atoms with van der Waals surface area (Å²) in [7, 11) is 0. The van der Waals surface area contributed by atoms with Gasteiger partial charge >= 0.3 is 0 Å². The Bertz CT molecular complexity index is 1400. The molecule has 2 saturated heterocycles. The lowest BCUT2D eigenvalue weighted by Gasteiger charge is -2.18. The molecule has 0 saturated carbocycles. The number of benzene rings is 2. The number of rotatable bonds is 5. The number of H-pyrrole nitrogens is 1. The van der Waals surface area contributed by atoms with Gasteiger partial charge in [0.05, 0.1) is 35.0 Å². The summed E-state index contributed by atoms with van der Waals surface area (Å²) in [6.07, 6.45) is -1.71. The molecule has 8 nitrogen and oxygen atoms in total. The Hall–Kier alpha value is -3.01. The number of imidazole rings is 1. The van der Waals surface area contributed by atoms with Gasteiger partial charge in [-0.15, -0.1) is 0 Å². The standard InChI is InChI=1S/C27H26ClN3O5/c1-27(2,33)17-9-7-15(8-10-17)14-3-5-16(6-4-14)22-18(28)11-19-25(30-22)31-26(29-19)36-21-13-35-23-20(32)12-34-24(21)23/h3-11,20-21,23-24,32-33H,12-13H2,1-2H3,(H,29,30,31)/t20-,21-,23-,24-/m1/s1. The smallest absolute Gasteiger partial charge is 0.296 e. The number of aromatic amines is 1. The van der Waals surface area contributed by atoms with E-state index in [1.54, 1.807) is 19.9 Å². The number of hydrogen-bond donors (Lipinski definition) is 3. The molecule has 2 fully saturated rings. The van der Waals surface area contributed by atoms with Crippen LogP contribution in [0.2, 0.25) is 5.02 Å². The Balaban J connectivity index is 1.22. The quantitative estimate of drug-likeness (QED) is 0.373. The minimum atomic E-state index is -0.874. The average molecular weight is 508 g/mol. The average Bonchev–Trinajstić information content (AvgIpc) is 3.55. The number of hydrogen-bond acceptors (Lipinski definition) is 7. The molecule has 0 amide bonds. The zero-order chi connectivity index (χ0) is 25.0. The normalized spacial score (nSPS) is 23.8. The van der Waals surface area contributed by atoms with Crippen LogP contribution >= 0.6 is 11.6 Å². The van der Waals surface area contributed by atoms with Crippen LogP contribution in [0.5, 0.6) is 6.01 Å². The van der Waals surface area contributed by atoms with Crippen LogP contribution in [0.4, 0.5) is 0 Å². The molecule has 2 aromatic carbocycles. The number of fused-ring (bicyclic) bond motifs is 2. The second-order valence-corrected chi connectivity index (χ2v) is 10.2. The molecule has 0 spiro atoms. The van der Waals surface area contributed by atoms with Gasteiger partial charge in [-0.25, -0.2) is 4.98 Å². The Kier molecular flexibility index (Phi) is 5.74. The highest BCUT2D eigenvalue weighted by atomic mass is 35.5. The fourth-order valence-electron chi connectivity index (χ4n) is 4.73. The summed E-state index contributed by atoms with van der Waals surface area (Å²) in [5.41, 5.74) is 4.72. The summed E-state index contributed by atoms with van der Waals surface area (Å²) in [6, 6.07) is 17.9. The third-order valence-electron chi connectivity index (χ3n) is 6.73. The van der Waals surface area contributed by atoms with E-state index >= 15 is 0 Å². The molecule has 4 atom stereocenters. The molecular weight excluding hydrogens is 482 g/mol. The number of ether oxygens (including phenoxy) is 3. The van der Waals surface area contributed by atoms with Crippen LogP contribution in [0.3, 0.4) is 0 Å². The summed E-state index contributed by atoms with van der Waals surface area (Å²) < 4.78 is 17.2. The minimum absolute atomic E-state index is 0.237. The van der Waals surface area contributed by atoms with Gasteiger partial charge in [0.2, 0.25) is 0 Å². The lowest BCUT2D eigenvalue weighted by Crippen LogP contribution is -2.34. The van der Waals surface area contributed by atoms with E-state index in [9.17, 15) is 10.2 Å². The van der Waals surface area contributed by atoms with Gasteiger partial charge in [-0.3, -0.25) is 0 Å². The molecule has 0 unspecified atom stereocenters. The maximum Gasteiger partial charge on any atom is 0.296 e. The molecule has 9 heteroatoms. The lowest BCUT2D eigenvalue weighted by atomic mass is 9.95. The van der Waals surface area contributed by atoms with Crippen LogP contribution < -0.4 is 4.74 Å². The predicted octanol–water partition coefficient (Wildman–Crippen LogP) is 4.08. The number of aromatic nitrogens is 3. The van der Waals surface area contributed by atoms with Crippen LogP contribution in [-0.4, -0.2) is 62.8 Å². The van der Waals surface area contributed by atoms with Gasteiger partial charge in [0, 0.05) is 5.56 Å². The molecule has 36 heavy (non-hydrogen) atoms. The first-order valence-corrected chi connectivity index (χ1v) is 12.2. The SMILES string of the molecule is CC(C)(O)c1ccc(-c2ccc(-c3nc4nc(O[C@@H]5CO[C@H]6[C@@H]5OC[C@H]6O)[nH]c4cc3Cl)cc2)cc1. The Morgan fingerprint density at radius 1 is 0.944 bits per heavy atom. The Labute approximate surface area is 212 Å². The van der Waals surface area contributed by atoms with Crippen LogP contribution in [0.15, 0.2) is 54.6 Å². The molecule has 2 aliphatic heterocycles. The van der Waals surface area contributed by atoms with Crippen molar-refractivity contribution >= 4 is 22.8 Å². The van der Waals surface area contributed by atoms with E-state index in [0.29, 0.717) is 34.5 Å². The van der Waals surface area contributed by atoms with Gasteiger partial charge in [0.1, 0.15) is 18.3 Å². The molecule has 0 radical (unpaired) electrons. The molecule has 2 aromatic heterocycles. The third-order valence-corrected chi connectivity index (χ3v) is 7.02. The monoisotopic (exact) mass is 507 g/mol. The van der Waals surface area contributed by atoms with E-state index in [2.05, 4.69) is 15.0 Å². The fraction of sp³-hybridized carbons (Fsp3) is 0.333. The molecule has 6 rings (SSSR count). The van der Waals surface area contributed by atoms with E-state index in [0.717, 1.165) is 22.3 Å². The van der Waals surface area contributed by atoms with Crippen LogP contribution in [-0.2, 0) is 15.1 Å². The van der Waals surface area contributed by atoms with Gasteiger partial charge in [-0.2, -0.15) is 4.98 Å². The second kappa shape index (κ2) is 8.83. The van der Waals surface area contributed by atoms with Crippen LogP contribution in [0.25, 0.3) is 33.5 Å². The first-order valence-electron chi connectivity index (χ1n) is 11.8. The topological polar surface area (TPSA) is 110 Å². The predicted molar refractivity (Wildman–Crippen MR) is 135 cm³/mol. The molecule has 3 N–H and O–H groups in total. The Morgan fingerprint density at radius 2 is 1.58 bits per heavy atom. The summed E-state index contributed by atoms with van der Waals surface area (Å²) in [5, 5.41) is 20.6. The van der Waals surface area contributed by atoms with Crippen molar-refractivity contribution in [1.29, 1.82) is 0 Å². The van der Waals surface area contributed by atoms with E-state index in [-0.39, 0.29) is 24.9 Å². The molecule has 2 aliphatic rings. The molecule has 4 heterocycles. The van der Waals surface area contributed by atoms with Crippen molar-refractivity contribution in [3.05, 3.63) is 65.2 Å². The lowest BCUT2D eigenvalue weighted by molar-refractivity contribution is 0.00706. The molecule has 0 aliphatic carbocycles. The summed E-state index contributed by atoms with van der Waals surface area (Å²) in [4.78, 5) is 12.3. The van der Waals surface area contributed by atoms with Crippen molar-refractivity contribution in [3.63, 3.8) is 0 Å². The third kappa shape index (κ3) is 4.25. The van der Waals surface area contributed by atoms with Crippen molar-refractivity contribution in [2.75, 3.05) is 13.2 Å². The van der Waals surface area contributed by atoms with Crippen molar-refractivity contribution in [3.8, 4) is 28.4 Å². The van der Waals surface area contributed by atoms with Gasteiger partial charge < -0.3 is 29.4 Å². The van der Waals surface area contributed by atoms with E-state index in [4.69, 9.17) is 25.8 Å². The Morgan fingerprint density at radius 3 is 2.28 bits per heavy atom. The number of nitrogens with zero attached hydrogens (tertiary/aromatic N) is 2. The fourth-order valence-corrected chi connectivity index (χ4v) is 4.99. The van der Waals surface area contributed by atoms with Gasteiger partial charge in [-0.05, 0) is 36.6 Å². The second-order valence-electron chi connectivity index (χ2n) is 9.77. The molecule has 186 valence electrons. The first kappa shape index (κ1) is 23.4. The molecule has 0 bridgehead atoms. The maximum atomic E-state index is 10.2. The van der Waals surface area contributed by atoms with Crippen molar-refractivity contribution in [1.82, 2.24) is 15.0 Å². The van der Waals surface area contributed by atoms with Crippen molar-refractivity contribution in [2.24, 2.45) is 0 Å². The number of aliphatic hydroxyl groups excluding tert-OH is 1. The van der Waals surface area contributed by atoms with Gasteiger partial charge in [0.25, 0.3) is 6.01 Å². The van der Waals surface area contributed by atoms with E-state index in [1.165, 1.54) is 0 Å². The highest BCUT2D eigenvalue weighted by Crippen LogP contribution is 2.33. The van der Waals surface area contributed by atoms with Crippen LogP contribution in [0.1, 0.15) is 19.4 Å². The van der Waals surface area contributed by atoms with Crippen LogP contribution in [0, 0.1) is 0 Å². The zero-order valence-corrected chi connectivity index (χ0v) is 20.6. The number of halogens is 1. The summed E-state index contributed by atoms with van der Waals surface area (Å²) in [5.74, 6) is 0. The van der Waals surface area contributed by atoms with Gasteiger partial charge in [-0.1, -0.05) is 60.1 Å². The highest BCUT2D eigenvalue weighted by Gasteiger charge is 2.48. The number of pyridine rings is 1. The maximum absolute atomic E-state index is 10.2. The molecule has 4 aromatic rings. The zero-order valence-electron chi connectivity index (χ0n) is 19.8. The van der Waals surface area contributed by atoms with Gasteiger partial charge in [0.15, 0.2) is 11.8 Å². The van der Waals surface area contributed by atoms with Crippen molar-refractivity contribution < 1.29 is 24.4 Å². The van der Waals surface area contributed by atoms with E-state index < -0.39 is 11.7 Å². The van der Waals surface area contributed by atoms with E-state index in [1.807, 2.05) is 48.5 Å². The summed E-state index contributed by atoms with van der Waals surface area (Å²) >= 11 is 6.58. The minimum Gasteiger partial charge on any atom is -0.456 e. The molecular formula is C27H26ClN3O5. The summed E-state index contributed by atoms with van der Waals surface area (Å²) in [6.45, 7) is 4.09. The number of nitrogens with one attached hydrogen (secondary N) is 1. The van der Waals surface area contributed by atoms with Crippen molar-refractivity contribution in [2.45, 2.75) is 43.9 Å².